The molecule has 1 N–H and O–H groups in total. The van der Waals surface area contributed by atoms with Crippen LogP contribution < -0.4 is 0 Å². The maximum atomic E-state index is 11.1. The minimum Gasteiger partial charge on any atom is -0.481 e. The van der Waals surface area contributed by atoms with Crippen molar-refractivity contribution in [2.24, 2.45) is 0 Å². The van der Waals surface area contributed by atoms with Gasteiger partial charge in [0.25, 0.3) is 0 Å². The molecule has 0 aliphatic heterocycles. The monoisotopic (exact) mass is 201 g/mol. The molecule has 0 aromatic heterocycles. The zero-order valence-electron chi connectivity index (χ0n) is 7.32. The normalized spacial score (nSPS) is 8.92. The van der Waals surface area contributed by atoms with Gasteiger partial charge in [-0.25, -0.2) is 0 Å². The quantitative estimate of drug-likeness (QED) is 0.631. The molecule has 0 radical (unpaired) electrons. The van der Waals surface area contributed by atoms with Crippen molar-refractivity contribution in [1.82, 2.24) is 4.90 Å². The summed E-state index contributed by atoms with van der Waals surface area (Å²) in [6, 6.07) is 0. The summed E-state index contributed by atoms with van der Waals surface area (Å²) in [5.74, 6) is 1.36. The Kier molecular flexibility index (Phi) is 5.81. The molecule has 0 fully saturated rings. The van der Waals surface area contributed by atoms with Crippen molar-refractivity contribution >= 4 is 23.6 Å². The van der Waals surface area contributed by atoms with Gasteiger partial charge < -0.3 is 10.0 Å². The predicted molar refractivity (Wildman–Crippen MR) is 51.4 cm³/mol. The number of carbonyl (C=O) groups is 2. The number of aliphatic carboxylic acids is 1. The van der Waals surface area contributed by atoms with Crippen molar-refractivity contribution in [3.05, 3.63) is 0 Å². The maximum Gasteiger partial charge on any atom is 0.313 e. The highest BCUT2D eigenvalue weighted by atomic mass is 32.2. The molecule has 0 rings (SSSR count). The fourth-order valence-electron chi connectivity index (χ4n) is 0.561. The van der Waals surface area contributed by atoms with Gasteiger partial charge in [0.15, 0.2) is 0 Å². The molecule has 0 saturated heterocycles. The number of carboxylic acid groups (broad SMARTS) is 1. The van der Waals surface area contributed by atoms with Crippen LogP contribution in [0.15, 0.2) is 0 Å². The Balaban J connectivity index is 3.63. The fourth-order valence-corrected chi connectivity index (χ4v) is 1.23. The minimum atomic E-state index is -0.919. The first-order chi connectivity index (χ1) is 6.07. The second kappa shape index (κ2) is 6.38. The Hall–Kier alpha value is -1.15. The van der Waals surface area contributed by atoms with Crippen molar-refractivity contribution in [3.63, 3.8) is 0 Å². The van der Waals surface area contributed by atoms with E-state index >= 15 is 0 Å². The highest BCUT2D eigenvalue weighted by Gasteiger charge is 2.07. The fraction of sp³-hybridized carbons (Fsp3) is 0.500. The third-order valence-electron chi connectivity index (χ3n) is 1.21. The van der Waals surface area contributed by atoms with Crippen LogP contribution >= 0.6 is 11.8 Å². The summed E-state index contributed by atoms with van der Waals surface area (Å²) in [5.41, 5.74) is 0. The topological polar surface area (TPSA) is 57.6 Å². The first-order valence-corrected chi connectivity index (χ1v) is 4.70. The molecule has 13 heavy (non-hydrogen) atoms. The van der Waals surface area contributed by atoms with Crippen LogP contribution in [0.5, 0.6) is 0 Å². The number of carboxylic acids is 1. The van der Waals surface area contributed by atoms with E-state index in [1.165, 1.54) is 4.90 Å². The molecule has 0 aromatic rings. The molecule has 0 aromatic carbocycles. The molecule has 4 nitrogen and oxygen atoms in total. The number of hydrogen-bond donors (Lipinski definition) is 1. The maximum absolute atomic E-state index is 11.1. The van der Waals surface area contributed by atoms with Crippen LogP contribution in [-0.2, 0) is 9.59 Å². The van der Waals surface area contributed by atoms with Crippen molar-refractivity contribution in [3.8, 4) is 12.3 Å². The summed E-state index contributed by atoms with van der Waals surface area (Å²) in [7, 11) is 1.59. The van der Waals surface area contributed by atoms with Gasteiger partial charge in [-0.15, -0.1) is 18.2 Å². The van der Waals surface area contributed by atoms with E-state index in [1.54, 1.807) is 7.05 Å². The Morgan fingerprint density at radius 1 is 1.54 bits per heavy atom. The molecule has 0 aliphatic carbocycles. The minimum absolute atomic E-state index is 0.0599. The number of terminal acetylenes is 1. The van der Waals surface area contributed by atoms with Crippen LogP contribution in [0.1, 0.15) is 0 Å². The molecule has 0 bridgehead atoms. The van der Waals surface area contributed by atoms with E-state index in [4.69, 9.17) is 11.5 Å². The summed E-state index contributed by atoms with van der Waals surface area (Å²) in [4.78, 5) is 22.6. The first kappa shape index (κ1) is 11.8. The van der Waals surface area contributed by atoms with Gasteiger partial charge in [0.05, 0.1) is 18.1 Å². The lowest BCUT2D eigenvalue weighted by Crippen LogP contribution is -2.28. The average Bonchev–Trinajstić information content (AvgIpc) is 2.04. The van der Waals surface area contributed by atoms with Crippen LogP contribution in [0, 0.1) is 12.3 Å². The molecule has 0 spiro atoms. The summed E-state index contributed by atoms with van der Waals surface area (Å²) in [6.45, 7) is 0.256. The van der Waals surface area contributed by atoms with Gasteiger partial charge in [0.2, 0.25) is 5.91 Å². The Morgan fingerprint density at radius 3 is 2.62 bits per heavy atom. The molecule has 1 amide bonds. The number of hydrogen-bond acceptors (Lipinski definition) is 3. The third kappa shape index (κ3) is 6.05. The summed E-state index contributed by atoms with van der Waals surface area (Å²) in [5, 5.41) is 8.29. The van der Waals surface area contributed by atoms with E-state index in [9.17, 15) is 9.59 Å². The van der Waals surface area contributed by atoms with E-state index in [0.717, 1.165) is 11.8 Å². The number of thioether (sulfide) groups is 1. The molecule has 72 valence electrons. The molecular weight excluding hydrogens is 190 g/mol. The summed E-state index contributed by atoms with van der Waals surface area (Å²) < 4.78 is 0. The van der Waals surface area contributed by atoms with Crippen molar-refractivity contribution < 1.29 is 14.7 Å². The molecule has 0 aliphatic rings. The van der Waals surface area contributed by atoms with Crippen molar-refractivity contribution in [2.75, 3.05) is 25.1 Å². The lowest BCUT2D eigenvalue weighted by molar-refractivity contribution is -0.133. The van der Waals surface area contributed by atoms with Crippen LogP contribution in [-0.4, -0.2) is 47.0 Å². The van der Waals surface area contributed by atoms with Gasteiger partial charge in [0, 0.05) is 7.05 Å². The average molecular weight is 201 g/mol. The van der Waals surface area contributed by atoms with Gasteiger partial charge >= 0.3 is 5.97 Å². The molecule has 0 heterocycles. The smallest absolute Gasteiger partial charge is 0.313 e. The van der Waals surface area contributed by atoms with Gasteiger partial charge in [-0.2, -0.15) is 0 Å². The zero-order valence-corrected chi connectivity index (χ0v) is 8.13. The number of rotatable bonds is 5. The Labute approximate surface area is 81.3 Å². The van der Waals surface area contributed by atoms with Gasteiger partial charge in [-0.3, -0.25) is 9.59 Å². The van der Waals surface area contributed by atoms with E-state index < -0.39 is 5.97 Å². The van der Waals surface area contributed by atoms with Crippen LogP contribution in [0.2, 0.25) is 0 Å². The largest absolute Gasteiger partial charge is 0.481 e. The van der Waals surface area contributed by atoms with E-state index in [1.807, 2.05) is 0 Å². The molecule has 0 saturated carbocycles. The summed E-state index contributed by atoms with van der Waals surface area (Å²) >= 11 is 1.06. The van der Waals surface area contributed by atoms with Gasteiger partial charge in [0.1, 0.15) is 0 Å². The van der Waals surface area contributed by atoms with E-state index in [2.05, 4.69) is 5.92 Å². The number of carbonyl (C=O) groups excluding carboxylic acids is 1. The summed E-state index contributed by atoms with van der Waals surface area (Å²) in [6.07, 6.45) is 5.00. The molecule has 0 unspecified atom stereocenters. The van der Waals surface area contributed by atoms with Crippen LogP contribution in [0.25, 0.3) is 0 Å². The number of nitrogens with zero attached hydrogens (tertiary/aromatic N) is 1. The Morgan fingerprint density at radius 2 is 2.15 bits per heavy atom. The standard InChI is InChI=1S/C8H11NO3S/c1-3-4-9(2)7(10)5-13-6-8(11)12/h1H,4-6H2,2H3,(H,11,12). The van der Waals surface area contributed by atoms with Crippen molar-refractivity contribution in [1.29, 1.82) is 0 Å². The van der Waals surface area contributed by atoms with E-state index in [0.29, 0.717) is 0 Å². The molecule has 0 atom stereocenters. The zero-order chi connectivity index (χ0) is 10.3. The third-order valence-corrected chi connectivity index (χ3v) is 2.11. The SMILES string of the molecule is C#CCN(C)C(=O)CSCC(=O)O. The second-order valence-electron chi connectivity index (χ2n) is 2.34. The first-order valence-electron chi connectivity index (χ1n) is 3.55. The Bertz CT molecular complexity index is 234. The molecule has 5 heteroatoms. The predicted octanol–water partition coefficient (Wildman–Crippen LogP) is -0.104. The van der Waals surface area contributed by atoms with Crippen molar-refractivity contribution in [2.45, 2.75) is 0 Å². The van der Waals surface area contributed by atoms with E-state index in [-0.39, 0.29) is 24.0 Å². The number of amides is 1. The molecular formula is C8H11NO3S. The lowest BCUT2D eigenvalue weighted by Gasteiger charge is -2.12. The van der Waals surface area contributed by atoms with Crippen LogP contribution in [0.3, 0.4) is 0 Å². The van der Waals surface area contributed by atoms with Gasteiger partial charge in [-0.05, 0) is 0 Å². The highest BCUT2D eigenvalue weighted by molar-refractivity contribution is 8.00. The highest BCUT2D eigenvalue weighted by Crippen LogP contribution is 2.00. The van der Waals surface area contributed by atoms with Crippen LogP contribution in [0.4, 0.5) is 0 Å². The second-order valence-corrected chi connectivity index (χ2v) is 3.33. The van der Waals surface area contributed by atoms with Gasteiger partial charge in [-0.1, -0.05) is 5.92 Å². The lowest BCUT2D eigenvalue weighted by atomic mass is 10.5.